The van der Waals surface area contributed by atoms with Gasteiger partial charge < -0.3 is 0 Å². The van der Waals surface area contributed by atoms with Gasteiger partial charge in [-0.3, -0.25) is 0 Å². The van der Waals surface area contributed by atoms with Crippen molar-refractivity contribution in [2.45, 2.75) is 42.8 Å². The number of rotatable bonds is 3. The van der Waals surface area contributed by atoms with E-state index in [2.05, 4.69) is 0 Å². The first kappa shape index (κ1) is 10.6. The Morgan fingerprint density at radius 3 is 2.07 bits per heavy atom. The van der Waals surface area contributed by atoms with Crippen molar-refractivity contribution in [1.29, 1.82) is 0 Å². The minimum Gasteiger partial charge on any atom is -0.212 e. The van der Waals surface area contributed by atoms with Crippen LogP contribution in [-0.2, 0) is 9.05 Å². The first-order chi connectivity index (χ1) is 6.24. The molecule has 0 heterocycles. The zero-order valence-corrected chi connectivity index (χ0v) is 9.04. The molecular weight excluding hydrogens is 234 g/mol. The number of hydrogen-bond acceptors (Lipinski definition) is 2. The molecule has 2 fully saturated rings. The molecular formula is C8H11ClF2O2S. The maximum Gasteiger partial charge on any atom is 0.248 e. The van der Waals surface area contributed by atoms with E-state index in [1.807, 2.05) is 0 Å². The molecule has 0 amide bonds. The van der Waals surface area contributed by atoms with Gasteiger partial charge in [0.2, 0.25) is 15.0 Å². The fourth-order valence-electron chi connectivity index (χ4n) is 2.14. The maximum atomic E-state index is 12.5. The highest BCUT2D eigenvalue weighted by molar-refractivity contribution is 8.15. The van der Waals surface area contributed by atoms with Gasteiger partial charge in [0, 0.05) is 23.5 Å². The van der Waals surface area contributed by atoms with Gasteiger partial charge >= 0.3 is 0 Å². The fraction of sp³-hybridized carbons (Fsp3) is 1.00. The first-order valence-corrected chi connectivity index (χ1v) is 6.87. The summed E-state index contributed by atoms with van der Waals surface area (Å²) >= 11 is 0. The van der Waals surface area contributed by atoms with Crippen LogP contribution in [0.2, 0.25) is 0 Å². The van der Waals surface area contributed by atoms with Crippen molar-refractivity contribution in [2.24, 2.45) is 5.92 Å². The predicted molar refractivity (Wildman–Crippen MR) is 49.0 cm³/mol. The van der Waals surface area contributed by atoms with Crippen molar-refractivity contribution in [3.8, 4) is 0 Å². The summed E-state index contributed by atoms with van der Waals surface area (Å²) in [6.07, 6.45) is 1.01. The monoisotopic (exact) mass is 244 g/mol. The zero-order valence-electron chi connectivity index (χ0n) is 7.47. The second-order valence-corrected chi connectivity index (χ2v) is 7.42. The topological polar surface area (TPSA) is 34.1 Å². The molecule has 6 heteroatoms. The summed E-state index contributed by atoms with van der Waals surface area (Å²) in [4.78, 5) is 0. The molecule has 82 valence electrons. The van der Waals surface area contributed by atoms with E-state index >= 15 is 0 Å². The molecule has 0 saturated heterocycles. The van der Waals surface area contributed by atoms with Gasteiger partial charge in [0.1, 0.15) is 0 Å². The third-order valence-corrected chi connectivity index (χ3v) is 5.75. The molecule has 2 aliphatic carbocycles. The number of halogens is 3. The standard InChI is InChI=1S/C8H11ClF2O2S/c9-14(12,13)7(1-2-7)3-6-4-8(10,11)5-6/h6H,1-5H2. The molecule has 0 spiro atoms. The highest BCUT2D eigenvalue weighted by Gasteiger charge is 2.58. The van der Waals surface area contributed by atoms with Crippen molar-refractivity contribution in [2.75, 3.05) is 0 Å². The minimum atomic E-state index is -3.57. The van der Waals surface area contributed by atoms with Crippen LogP contribution in [0, 0.1) is 5.92 Å². The first-order valence-electron chi connectivity index (χ1n) is 4.56. The fourth-order valence-corrected chi connectivity index (χ4v) is 3.82. The van der Waals surface area contributed by atoms with Crippen molar-refractivity contribution in [3.05, 3.63) is 0 Å². The van der Waals surface area contributed by atoms with Gasteiger partial charge in [0.15, 0.2) is 0 Å². The van der Waals surface area contributed by atoms with Crippen molar-refractivity contribution < 1.29 is 17.2 Å². The lowest BCUT2D eigenvalue weighted by molar-refractivity contribution is -0.112. The molecule has 0 bridgehead atoms. The Labute approximate surface area is 86.0 Å². The summed E-state index contributed by atoms with van der Waals surface area (Å²) in [7, 11) is 1.70. The van der Waals surface area contributed by atoms with E-state index in [4.69, 9.17) is 10.7 Å². The summed E-state index contributed by atoms with van der Waals surface area (Å²) in [5.74, 6) is -2.74. The molecule has 2 nitrogen and oxygen atoms in total. The van der Waals surface area contributed by atoms with E-state index in [0.29, 0.717) is 19.3 Å². The highest BCUT2D eigenvalue weighted by Crippen LogP contribution is 2.55. The molecule has 2 aliphatic rings. The van der Waals surface area contributed by atoms with Crippen LogP contribution in [0.15, 0.2) is 0 Å². The molecule has 0 aliphatic heterocycles. The van der Waals surface area contributed by atoms with Gasteiger partial charge in [-0.05, 0) is 25.2 Å². The molecule has 0 N–H and O–H groups in total. The Kier molecular flexibility index (Phi) is 2.13. The van der Waals surface area contributed by atoms with E-state index < -0.39 is 19.7 Å². The van der Waals surface area contributed by atoms with Crippen molar-refractivity contribution >= 4 is 19.7 Å². The highest BCUT2D eigenvalue weighted by atomic mass is 35.7. The van der Waals surface area contributed by atoms with Gasteiger partial charge in [-0.25, -0.2) is 17.2 Å². The lowest BCUT2D eigenvalue weighted by atomic mass is 9.78. The van der Waals surface area contributed by atoms with Crippen LogP contribution >= 0.6 is 10.7 Å². The van der Waals surface area contributed by atoms with Crippen LogP contribution in [0.25, 0.3) is 0 Å². The summed E-state index contributed by atoms with van der Waals surface area (Å²) in [5, 5.41) is 0. The minimum absolute atomic E-state index is 0.166. The van der Waals surface area contributed by atoms with Crippen LogP contribution in [-0.4, -0.2) is 19.1 Å². The Morgan fingerprint density at radius 2 is 1.79 bits per heavy atom. The van der Waals surface area contributed by atoms with Crippen LogP contribution in [0.4, 0.5) is 8.78 Å². The Bertz CT molecular complexity index is 340. The molecule has 0 aromatic rings. The largest absolute Gasteiger partial charge is 0.248 e. The van der Waals surface area contributed by atoms with E-state index in [1.165, 1.54) is 0 Å². The summed E-state index contributed by atoms with van der Waals surface area (Å²) < 4.78 is 46.4. The third kappa shape index (κ3) is 1.76. The van der Waals surface area contributed by atoms with Crippen LogP contribution in [0.5, 0.6) is 0 Å². The number of alkyl halides is 2. The van der Waals surface area contributed by atoms with Gasteiger partial charge in [-0.15, -0.1) is 0 Å². The smallest absolute Gasteiger partial charge is 0.212 e. The van der Waals surface area contributed by atoms with E-state index in [9.17, 15) is 17.2 Å². The average molecular weight is 245 g/mol. The molecule has 0 unspecified atom stereocenters. The molecule has 0 radical (unpaired) electrons. The average Bonchev–Trinajstić information content (AvgIpc) is 2.62. The van der Waals surface area contributed by atoms with Crippen LogP contribution in [0.3, 0.4) is 0 Å². The van der Waals surface area contributed by atoms with E-state index in [-0.39, 0.29) is 18.8 Å². The third-order valence-electron chi connectivity index (χ3n) is 3.16. The number of hydrogen-bond donors (Lipinski definition) is 0. The van der Waals surface area contributed by atoms with Gasteiger partial charge in [-0.1, -0.05) is 0 Å². The molecule has 0 aromatic heterocycles. The van der Waals surface area contributed by atoms with E-state index in [1.54, 1.807) is 0 Å². The molecule has 14 heavy (non-hydrogen) atoms. The lowest BCUT2D eigenvalue weighted by Crippen LogP contribution is -2.38. The molecule has 0 atom stereocenters. The van der Waals surface area contributed by atoms with Gasteiger partial charge in [0.05, 0.1) is 4.75 Å². The molecule has 2 saturated carbocycles. The summed E-state index contributed by atoms with van der Waals surface area (Å²) in [6, 6.07) is 0. The van der Waals surface area contributed by atoms with Crippen molar-refractivity contribution in [1.82, 2.24) is 0 Å². The second kappa shape index (κ2) is 2.82. The Balaban J connectivity index is 1.94. The van der Waals surface area contributed by atoms with Gasteiger partial charge in [0.25, 0.3) is 0 Å². The van der Waals surface area contributed by atoms with E-state index in [0.717, 1.165) is 0 Å². The molecule has 2 rings (SSSR count). The normalized spacial score (nSPS) is 29.6. The quantitative estimate of drug-likeness (QED) is 0.715. The van der Waals surface area contributed by atoms with Crippen LogP contribution in [0.1, 0.15) is 32.1 Å². The Hall–Kier alpha value is 0.1000. The Morgan fingerprint density at radius 1 is 1.29 bits per heavy atom. The zero-order chi connectivity index (χ0) is 10.6. The lowest BCUT2D eigenvalue weighted by Gasteiger charge is -2.36. The molecule has 0 aromatic carbocycles. The predicted octanol–water partition coefficient (Wildman–Crippen LogP) is 2.52. The van der Waals surface area contributed by atoms with Crippen LogP contribution < -0.4 is 0 Å². The summed E-state index contributed by atoms with van der Waals surface area (Å²) in [5.41, 5.74) is 0. The maximum absolute atomic E-state index is 12.5. The SMILES string of the molecule is O=S(=O)(Cl)C1(CC2CC(F)(F)C2)CC1. The van der Waals surface area contributed by atoms with Crippen molar-refractivity contribution in [3.63, 3.8) is 0 Å². The summed E-state index contributed by atoms with van der Waals surface area (Å²) in [6.45, 7) is 0. The second-order valence-electron chi connectivity index (χ2n) is 4.46. The van der Waals surface area contributed by atoms with Gasteiger partial charge in [-0.2, -0.15) is 0 Å².